The van der Waals surface area contributed by atoms with Gasteiger partial charge < -0.3 is 9.32 Å². The minimum atomic E-state index is -0.153. The van der Waals surface area contributed by atoms with Crippen LogP contribution in [0.3, 0.4) is 0 Å². The van der Waals surface area contributed by atoms with Gasteiger partial charge in [-0.25, -0.2) is 0 Å². The van der Waals surface area contributed by atoms with E-state index in [0.29, 0.717) is 0 Å². The second-order valence-electron chi connectivity index (χ2n) is 17.2. The Morgan fingerprint density at radius 1 is 0.397 bits per heavy atom. The van der Waals surface area contributed by atoms with Crippen molar-refractivity contribution in [1.82, 2.24) is 0 Å². The van der Waals surface area contributed by atoms with E-state index in [2.05, 4.69) is 209 Å². The molecule has 0 unspecified atom stereocenters. The Bertz CT molecular complexity index is 3360. The molecule has 10 aromatic rings. The van der Waals surface area contributed by atoms with E-state index in [-0.39, 0.29) is 10.8 Å². The van der Waals surface area contributed by atoms with Crippen LogP contribution < -0.4 is 4.90 Å². The molecule has 2 heteroatoms. The Hall–Kier alpha value is -6.90. The highest BCUT2D eigenvalue weighted by Crippen LogP contribution is 2.57. The van der Waals surface area contributed by atoms with Crippen molar-refractivity contribution in [2.45, 2.75) is 38.5 Å². The average Bonchev–Trinajstić information content (AvgIpc) is 3.84. The maximum atomic E-state index is 7.07. The fraction of sp³-hybridized carbons (Fsp3) is 0.107. The number of para-hydroxylation sites is 1. The predicted octanol–water partition coefficient (Wildman–Crippen LogP) is 15.6. The van der Waals surface area contributed by atoms with E-state index in [9.17, 15) is 0 Å². The molecule has 276 valence electrons. The molecule has 0 fully saturated rings. The first kappa shape index (κ1) is 33.3. The van der Waals surface area contributed by atoms with E-state index < -0.39 is 0 Å². The van der Waals surface area contributed by atoms with Gasteiger partial charge >= 0.3 is 0 Å². The number of hydrogen-bond acceptors (Lipinski definition) is 2. The molecule has 0 spiro atoms. The number of benzene rings is 9. The van der Waals surface area contributed by atoms with E-state index in [1.807, 2.05) is 0 Å². The van der Waals surface area contributed by atoms with Gasteiger partial charge in [0, 0.05) is 33.0 Å². The normalized spacial score (nSPS) is 14.5. The number of fused-ring (bicyclic) bond motifs is 12. The Morgan fingerprint density at radius 2 is 1.00 bits per heavy atom. The molecular formula is C56H41NO. The van der Waals surface area contributed by atoms with Crippen molar-refractivity contribution in [2.24, 2.45) is 0 Å². The summed E-state index contributed by atoms with van der Waals surface area (Å²) in [5, 5.41) is 7.15. The number of anilines is 3. The number of hydrogen-bond donors (Lipinski definition) is 0. The molecule has 1 heterocycles. The van der Waals surface area contributed by atoms with E-state index in [1.54, 1.807) is 0 Å². The maximum Gasteiger partial charge on any atom is 0.145 e. The van der Waals surface area contributed by atoms with Crippen LogP contribution in [0.2, 0.25) is 0 Å². The van der Waals surface area contributed by atoms with Crippen molar-refractivity contribution < 1.29 is 4.42 Å². The smallest absolute Gasteiger partial charge is 0.145 e. The highest BCUT2D eigenvalue weighted by atomic mass is 16.3. The summed E-state index contributed by atoms with van der Waals surface area (Å²) in [7, 11) is 0. The van der Waals surface area contributed by atoms with Gasteiger partial charge in [-0.05, 0) is 109 Å². The second-order valence-corrected chi connectivity index (χ2v) is 17.2. The third-order valence-corrected chi connectivity index (χ3v) is 13.5. The zero-order chi connectivity index (χ0) is 38.9. The highest BCUT2D eigenvalue weighted by Gasteiger charge is 2.39. The van der Waals surface area contributed by atoms with E-state index in [0.717, 1.165) is 38.9 Å². The molecule has 0 atom stereocenters. The molecule has 0 amide bonds. The van der Waals surface area contributed by atoms with Gasteiger partial charge in [0.1, 0.15) is 11.2 Å². The molecule has 2 nitrogen and oxygen atoms in total. The molecule has 1 aromatic heterocycles. The van der Waals surface area contributed by atoms with Gasteiger partial charge in [0.05, 0.1) is 16.8 Å². The first-order valence-electron chi connectivity index (χ1n) is 20.4. The summed E-state index contributed by atoms with van der Waals surface area (Å²) >= 11 is 0. The van der Waals surface area contributed by atoms with E-state index >= 15 is 0 Å². The molecule has 9 aromatic carbocycles. The molecule has 12 rings (SSSR count). The lowest BCUT2D eigenvalue weighted by atomic mass is 9.82. The van der Waals surface area contributed by atoms with Crippen molar-refractivity contribution in [3.63, 3.8) is 0 Å². The summed E-state index contributed by atoms with van der Waals surface area (Å²) in [6.07, 6.45) is 0. The highest BCUT2D eigenvalue weighted by molar-refractivity contribution is 6.21. The molecule has 2 aliphatic carbocycles. The summed E-state index contributed by atoms with van der Waals surface area (Å²) in [5.41, 5.74) is 17.8. The van der Waals surface area contributed by atoms with Gasteiger partial charge in [0.25, 0.3) is 0 Å². The summed E-state index contributed by atoms with van der Waals surface area (Å²) in [6, 6.07) is 65.0. The average molecular weight is 744 g/mol. The van der Waals surface area contributed by atoms with Crippen molar-refractivity contribution >= 4 is 60.5 Å². The van der Waals surface area contributed by atoms with Crippen LogP contribution in [-0.4, -0.2) is 0 Å². The molecule has 0 N–H and O–H groups in total. The topological polar surface area (TPSA) is 16.4 Å². The first-order valence-corrected chi connectivity index (χ1v) is 20.4. The Balaban J connectivity index is 1.19. The van der Waals surface area contributed by atoms with Crippen LogP contribution in [-0.2, 0) is 10.8 Å². The van der Waals surface area contributed by atoms with Gasteiger partial charge in [-0.2, -0.15) is 0 Å². The summed E-state index contributed by atoms with van der Waals surface area (Å²) in [6.45, 7) is 9.47. The van der Waals surface area contributed by atoms with Gasteiger partial charge in [-0.1, -0.05) is 161 Å². The van der Waals surface area contributed by atoms with Crippen LogP contribution in [0.4, 0.5) is 17.1 Å². The van der Waals surface area contributed by atoms with Crippen LogP contribution in [0.25, 0.3) is 76.9 Å². The van der Waals surface area contributed by atoms with Crippen LogP contribution >= 0.6 is 0 Å². The van der Waals surface area contributed by atoms with Crippen LogP contribution in [0.15, 0.2) is 180 Å². The molecule has 2 aliphatic rings. The maximum absolute atomic E-state index is 7.07. The molecular weight excluding hydrogens is 703 g/mol. The van der Waals surface area contributed by atoms with Crippen LogP contribution in [0.1, 0.15) is 49.9 Å². The van der Waals surface area contributed by atoms with Gasteiger partial charge in [-0.3, -0.25) is 0 Å². The number of nitrogens with zero attached hydrogens (tertiary/aromatic N) is 1. The largest absolute Gasteiger partial charge is 0.455 e. The van der Waals surface area contributed by atoms with Crippen LogP contribution in [0.5, 0.6) is 0 Å². The molecule has 58 heavy (non-hydrogen) atoms. The molecule has 0 saturated heterocycles. The minimum Gasteiger partial charge on any atom is -0.455 e. The second kappa shape index (κ2) is 11.8. The Kier molecular flexibility index (Phi) is 6.78. The lowest BCUT2D eigenvalue weighted by Crippen LogP contribution is -2.17. The van der Waals surface area contributed by atoms with E-state index in [4.69, 9.17) is 4.42 Å². The van der Waals surface area contributed by atoms with Gasteiger partial charge in [-0.15, -0.1) is 0 Å². The van der Waals surface area contributed by atoms with Crippen molar-refractivity contribution in [1.29, 1.82) is 0 Å². The van der Waals surface area contributed by atoms with E-state index in [1.165, 1.54) is 77.3 Å². The number of furan rings is 1. The number of rotatable bonds is 4. The fourth-order valence-corrected chi connectivity index (χ4v) is 10.6. The van der Waals surface area contributed by atoms with Crippen molar-refractivity contribution in [3.05, 3.63) is 198 Å². The van der Waals surface area contributed by atoms with Gasteiger partial charge in [0.2, 0.25) is 0 Å². The molecule has 0 saturated carbocycles. The zero-order valence-corrected chi connectivity index (χ0v) is 33.1. The summed E-state index contributed by atoms with van der Waals surface area (Å²) < 4.78 is 7.07. The quantitative estimate of drug-likeness (QED) is 0.167. The lowest BCUT2D eigenvalue weighted by molar-refractivity contribution is 0.660. The lowest BCUT2D eigenvalue weighted by Gasteiger charge is -2.31. The SMILES string of the molecule is CC1(C)c2ccccc2-c2ccc(N(c3cccc4c3-c3ccccc3C4(C)C)c3ccc(-c4cc5ccccc5c5ccccc45)c4oc5ccccc5c34)cc21. The van der Waals surface area contributed by atoms with Crippen molar-refractivity contribution in [2.75, 3.05) is 4.90 Å². The summed E-state index contributed by atoms with van der Waals surface area (Å²) in [5.74, 6) is 0. The van der Waals surface area contributed by atoms with Crippen LogP contribution in [0, 0.1) is 0 Å². The molecule has 0 bridgehead atoms. The Morgan fingerprint density at radius 3 is 1.83 bits per heavy atom. The minimum absolute atomic E-state index is 0.145. The monoisotopic (exact) mass is 743 g/mol. The summed E-state index contributed by atoms with van der Waals surface area (Å²) in [4.78, 5) is 2.53. The third-order valence-electron chi connectivity index (χ3n) is 13.5. The Labute approximate surface area is 338 Å². The predicted molar refractivity (Wildman–Crippen MR) is 244 cm³/mol. The zero-order valence-electron chi connectivity index (χ0n) is 33.1. The standard InChI is InChI=1S/C56H41NO/c1-55(2)46-24-13-10-21-42(46)52-47(55)25-15-26-49(52)57(35-28-29-40-39-20-9-12-23-45(39)56(3,4)48(40)33-35)50-31-30-41(54-53(50)43-22-11-14-27-51(43)58-54)44-32-34-16-5-6-17-36(34)37-18-7-8-19-38(37)44/h5-33H,1-4H3. The first-order chi connectivity index (χ1) is 28.3. The molecule has 0 radical (unpaired) electrons. The third kappa shape index (κ3) is 4.43. The van der Waals surface area contributed by atoms with Crippen molar-refractivity contribution in [3.8, 4) is 33.4 Å². The molecule has 0 aliphatic heterocycles. The van der Waals surface area contributed by atoms with Gasteiger partial charge in [0.15, 0.2) is 0 Å². The fourth-order valence-electron chi connectivity index (χ4n) is 10.6.